The number of hydrogen-bond acceptors (Lipinski definition) is 3. The van der Waals surface area contributed by atoms with Crippen LogP contribution in [0.3, 0.4) is 0 Å². The van der Waals surface area contributed by atoms with E-state index in [1.807, 2.05) is 13.8 Å². The standard InChI is InChI=1S/C12H24N2O4/c1-10(2)9-14(7-8-18-3)12(17)13-6-4-5-11(15)16/h10H,4-9H2,1-3H3,(H,13,17)(H,15,16). The molecule has 18 heavy (non-hydrogen) atoms. The van der Waals surface area contributed by atoms with Crippen LogP contribution in [0.5, 0.6) is 0 Å². The van der Waals surface area contributed by atoms with Crippen LogP contribution in [0.1, 0.15) is 26.7 Å². The molecule has 0 aromatic rings. The van der Waals surface area contributed by atoms with Gasteiger partial charge in [0.1, 0.15) is 0 Å². The van der Waals surface area contributed by atoms with Crippen LogP contribution in [-0.4, -0.2) is 55.4 Å². The normalized spacial score (nSPS) is 10.4. The van der Waals surface area contributed by atoms with Crippen LogP contribution in [-0.2, 0) is 9.53 Å². The molecule has 0 bridgehead atoms. The van der Waals surface area contributed by atoms with Crippen molar-refractivity contribution < 1.29 is 19.4 Å². The third-order valence-corrected chi connectivity index (χ3v) is 2.28. The maximum absolute atomic E-state index is 11.8. The Kier molecular flexibility index (Phi) is 9.00. The molecule has 0 spiro atoms. The molecule has 0 saturated carbocycles. The van der Waals surface area contributed by atoms with Gasteiger partial charge < -0.3 is 20.1 Å². The van der Waals surface area contributed by atoms with Gasteiger partial charge in [0, 0.05) is 33.2 Å². The Hall–Kier alpha value is -1.30. The lowest BCUT2D eigenvalue weighted by atomic mass is 10.2. The third kappa shape index (κ3) is 8.81. The van der Waals surface area contributed by atoms with Gasteiger partial charge in [0.15, 0.2) is 0 Å². The van der Waals surface area contributed by atoms with E-state index in [-0.39, 0.29) is 12.5 Å². The number of carbonyl (C=O) groups excluding carboxylic acids is 1. The summed E-state index contributed by atoms with van der Waals surface area (Å²) >= 11 is 0. The molecule has 0 aromatic carbocycles. The summed E-state index contributed by atoms with van der Waals surface area (Å²) in [5.74, 6) is -0.464. The molecule has 2 amide bonds. The van der Waals surface area contributed by atoms with Crippen LogP contribution in [0.2, 0.25) is 0 Å². The topological polar surface area (TPSA) is 78.9 Å². The van der Waals surface area contributed by atoms with Gasteiger partial charge in [-0.05, 0) is 12.3 Å². The molecular formula is C12H24N2O4. The van der Waals surface area contributed by atoms with Crippen molar-refractivity contribution in [2.24, 2.45) is 5.92 Å². The number of carbonyl (C=O) groups is 2. The molecule has 6 nitrogen and oxygen atoms in total. The van der Waals surface area contributed by atoms with E-state index >= 15 is 0 Å². The highest BCUT2D eigenvalue weighted by atomic mass is 16.5. The number of nitrogens with one attached hydrogen (secondary N) is 1. The van der Waals surface area contributed by atoms with Crippen molar-refractivity contribution in [2.45, 2.75) is 26.7 Å². The zero-order chi connectivity index (χ0) is 14.0. The van der Waals surface area contributed by atoms with E-state index in [2.05, 4.69) is 5.32 Å². The first-order valence-corrected chi connectivity index (χ1v) is 6.20. The summed E-state index contributed by atoms with van der Waals surface area (Å²) in [6, 6.07) is -0.161. The first-order valence-electron chi connectivity index (χ1n) is 6.20. The van der Waals surface area contributed by atoms with E-state index in [0.717, 1.165) is 0 Å². The third-order valence-electron chi connectivity index (χ3n) is 2.28. The van der Waals surface area contributed by atoms with Crippen molar-refractivity contribution in [1.29, 1.82) is 0 Å². The molecule has 0 aromatic heterocycles. The highest BCUT2D eigenvalue weighted by Gasteiger charge is 2.13. The maximum Gasteiger partial charge on any atom is 0.317 e. The lowest BCUT2D eigenvalue weighted by molar-refractivity contribution is -0.137. The van der Waals surface area contributed by atoms with Crippen molar-refractivity contribution in [3.8, 4) is 0 Å². The second-order valence-corrected chi connectivity index (χ2v) is 4.56. The molecule has 6 heteroatoms. The van der Waals surface area contributed by atoms with Crippen molar-refractivity contribution >= 4 is 12.0 Å². The molecule has 0 aliphatic carbocycles. The van der Waals surface area contributed by atoms with E-state index in [4.69, 9.17) is 9.84 Å². The second-order valence-electron chi connectivity index (χ2n) is 4.56. The Morgan fingerprint density at radius 2 is 2.06 bits per heavy atom. The smallest absolute Gasteiger partial charge is 0.317 e. The first-order chi connectivity index (χ1) is 8.47. The Morgan fingerprint density at radius 1 is 1.39 bits per heavy atom. The van der Waals surface area contributed by atoms with Gasteiger partial charge in [-0.15, -0.1) is 0 Å². The van der Waals surface area contributed by atoms with Crippen LogP contribution in [0.4, 0.5) is 4.79 Å². The van der Waals surface area contributed by atoms with Crippen LogP contribution in [0.25, 0.3) is 0 Å². The van der Waals surface area contributed by atoms with Crippen LogP contribution in [0.15, 0.2) is 0 Å². The van der Waals surface area contributed by atoms with Crippen molar-refractivity contribution in [3.63, 3.8) is 0 Å². The van der Waals surface area contributed by atoms with Crippen LogP contribution >= 0.6 is 0 Å². The Balaban J connectivity index is 3.99. The summed E-state index contributed by atoms with van der Waals surface area (Å²) in [5, 5.41) is 11.2. The highest BCUT2D eigenvalue weighted by molar-refractivity contribution is 5.74. The molecule has 0 saturated heterocycles. The summed E-state index contributed by atoms with van der Waals surface area (Å²) < 4.78 is 4.96. The molecular weight excluding hydrogens is 236 g/mol. The number of hydrogen-bond donors (Lipinski definition) is 2. The maximum atomic E-state index is 11.8. The van der Waals surface area contributed by atoms with E-state index in [1.54, 1.807) is 12.0 Å². The molecule has 0 aliphatic heterocycles. The number of carboxylic acids is 1. The first kappa shape index (κ1) is 16.7. The van der Waals surface area contributed by atoms with Gasteiger partial charge in [-0.1, -0.05) is 13.8 Å². The van der Waals surface area contributed by atoms with Crippen LogP contribution in [0, 0.1) is 5.92 Å². The molecule has 0 fully saturated rings. The van der Waals surface area contributed by atoms with Gasteiger partial charge in [-0.2, -0.15) is 0 Å². The molecule has 106 valence electrons. The van der Waals surface area contributed by atoms with Gasteiger partial charge in [0.05, 0.1) is 6.61 Å². The van der Waals surface area contributed by atoms with E-state index in [9.17, 15) is 9.59 Å². The number of ether oxygens (including phenoxy) is 1. The molecule has 0 aliphatic rings. The molecule has 0 unspecified atom stereocenters. The van der Waals surface area contributed by atoms with Gasteiger partial charge in [-0.3, -0.25) is 4.79 Å². The predicted octanol–water partition coefficient (Wildman–Crippen LogP) is 1.17. The highest BCUT2D eigenvalue weighted by Crippen LogP contribution is 1.99. The van der Waals surface area contributed by atoms with Gasteiger partial charge >= 0.3 is 12.0 Å². The number of methoxy groups -OCH3 is 1. The van der Waals surface area contributed by atoms with Crippen molar-refractivity contribution in [2.75, 3.05) is 33.4 Å². The number of rotatable bonds is 9. The minimum atomic E-state index is -0.845. The molecule has 0 radical (unpaired) electrons. The number of carboxylic acid groups (broad SMARTS) is 1. The van der Waals surface area contributed by atoms with E-state index < -0.39 is 5.97 Å². The second kappa shape index (κ2) is 9.70. The van der Waals surface area contributed by atoms with E-state index in [1.165, 1.54) is 0 Å². The van der Waals surface area contributed by atoms with Gasteiger partial charge in [0.2, 0.25) is 0 Å². The number of amides is 2. The molecule has 0 atom stereocenters. The fourth-order valence-electron chi connectivity index (χ4n) is 1.46. The zero-order valence-corrected chi connectivity index (χ0v) is 11.4. The summed E-state index contributed by atoms with van der Waals surface area (Å²) in [7, 11) is 1.60. The quantitative estimate of drug-likeness (QED) is 0.610. The SMILES string of the molecule is COCCN(CC(C)C)C(=O)NCCCC(=O)O. The molecule has 0 heterocycles. The summed E-state index contributed by atoms with van der Waals surface area (Å²) in [5.41, 5.74) is 0. The minimum absolute atomic E-state index is 0.0720. The average Bonchev–Trinajstić information content (AvgIpc) is 2.29. The van der Waals surface area contributed by atoms with Crippen molar-refractivity contribution in [3.05, 3.63) is 0 Å². The monoisotopic (exact) mass is 260 g/mol. The Bertz CT molecular complexity index is 256. The summed E-state index contributed by atoms with van der Waals surface area (Å²) in [4.78, 5) is 23.9. The fourth-order valence-corrected chi connectivity index (χ4v) is 1.46. The Morgan fingerprint density at radius 3 is 2.56 bits per heavy atom. The van der Waals surface area contributed by atoms with Gasteiger partial charge in [0.25, 0.3) is 0 Å². The fraction of sp³-hybridized carbons (Fsp3) is 0.833. The van der Waals surface area contributed by atoms with Crippen molar-refractivity contribution in [1.82, 2.24) is 10.2 Å². The summed E-state index contributed by atoms with van der Waals surface area (Å²) in [6.45, 7) is 6.16. The number of nitrogens with zero attached hydrogens (tertiary/aromatic N) is 1. The van der Waals surface area contributed by atoms with Crippen LogP contribution < -0.4 is 5.32 Å². The molecule has 0 rings (SSSR count). The van der Waals surface area contributed by atoms with E-state index in [0.29, 0.717) is 38.6 Å². The number of aliphatic carboxylic acids is 1. The lowest BCUT2D eigenvalue weighted by Crippen LogP contribution is -2.43. The Labute approximate surface area is 108 Å². The summed E-state index contributed by atoms with van der Waals surface area (Å²) in [6.07, 6.45) is 0.517. The largest absolute Gasteiger partial charge is 0.481 e. The average molecular weight is 260 g/mol. The number of urea groups is 1. The zero-order valence-electron chi connectivity index (χ0n) is 11.4. The predicted molar refractivity (Wildman–Crippen MR) is 68.6 cm³/mol. The minimum Gasteiger partial charge on any atom is -0.481 e. The lowest BCUT2D eigenvalue weighted by Gasteiger charge is -2.24. The van der Waals surface area contributed by atoms with Gasteiger partial charge in [-0.25, -0.2) is 4.79 Å². The molecule has 2 N–H and O–H groups in total.